The minimum absolute atomic E-state index is 0.322. The molecule has 0 spiro atoms. The number of imidazole rings is 1. The highest BCUT2D eigenvalue weighted by atomic mass is 15.1. The Morgan fingerprint density at radius 3 is 2.81 bits per heavy atom. The normalized spacial score (nSPS) is 10.4. The van der Waals surface area contributed by atoms with E-state index in [2.05, 4.69) is 29.9 Å². The van der Waals surface area contributed by atoms with Gasteiger partial charge in [0, 0.05) is 24.5 Å². The Morgan fingerprint density at radius 1 is 1.31 bits per heavy atom. The minimum Gasteiger partial charge on any atom is -0.288 e. The summed E-state index contributed by atoms with van der Waals surface area (Å²) in [5.41, 5.74) is 0.605. The third kappa shape index (κ3) is 1.80. The molecular formula is C12H12N4. The van der Waals surface area contributed by atoms with Gasteiger partial charge in [0.25, 0.3) is 0 Å². The molecule has 0 atom stereocenters. The monoisotopic (exact) mass is 212 g/mol. The Morgan fingerprint density at radius 2 is 2.12 bits per heavy atom. The first kappa shape index (κ1) is 10.4. The van der Waals surface area contributed by atoms with Crippen LogP contribution in [0.1, 0.15) is 31.2 Å². The second-order valence-corrected chi connectivity index (χ2v) is 3.82. The summed E-state index contributed by atoms with van der Waals surface area (Å²) in [5, 5.41) is 8.84. The molecule has 0 N–H and O–H groups in total. The summed E-state index contributed by atoms with van der Waals surface area (Å²) in [4.78, 5) is 8.53. The Kier molecular flexibility index (Phi) is 2.69. The maximum atomic E-state index is 8.84. The van der Waals surface area contributed by atoms with E-state index in [1.807, 2.05) is 10.8 Å². The van der Waals surface area contributed by atoms with Crippen LogP contribution in [0.15, 0.2) is 30.7 Å². The van der Waals surface area contributed by atoms with E-state index >= 15 is 0 Å². The average molecular weight is 212 g/mol. The maximum absolute atomic E-state index is 8.84. The van der Waals surface area contributed by atoms with Gasteiger partial charge in [0.2, 0.25) is 0 Å². The van der Waals surface area contributed by atoms with Crippen LogP contribution in [0.5, 0.6) is 0 Å². The Hall–Kier alpha value is -2.15. The molecule has 0 amide bonds. The molecule has 0 aliphatic heterocycles. The van der Waals surface area contributed by atoms with Gasteiger partial charge < -0.3 is 0 Å². The van der Waals surface area contributed by atoms with Gasteiger partial charge >= 0.3 is 0 Å². The molecule has 16 heavy (non-hydrogen) atoms. The molecule has 0 aliphatic rings. The topological polar surface area (TPSA) is 54.5 Å². The molecule has 2 aromatic heterocycles. The third-order valence-corrected chi connectivity index (χ3v) is 2.31. The van der Waals surface area contributed by atoms with E-state index < -0.39 is 0 Å². The molecule has 2 aromatic rings. The van der Waals surface area contributed by atoms with Crippen molar-refractivity contribution in [2.45, 2.75) is 19.8 Å². The minimum atomic E-state index is 0.322. The van der Waals surface area contributed by atoms with Crippen LogP contribution < -0.4 is 0 Å². The van der Waals surface area contributed by atoms with Gasteiger partial charge in [-0.25, -0.2) is 9.97 Å². The summed E-state index contributed by atoms with van der Waals surface area (Å²) in [5.74, 6) is 2.00. The molecule has 0 unspecified atom stereocenters. The fourth-order valence-electron chi connectivity index (χ4n) is 1.56. The highest BCUT2D eigenvalue weighted by Gasteiger charge is 2.09. The predicted octanol–water partition coefficient (Wildman–Crippen LogP) is 2.26. The predicted molar refractivity (Wildman–Crippen MR) is 60.2 cm³/mol. The molecule has 4 heteroatoms. The molecule has 0 fully saturated rings. The quantitative estimate of drug-likeness (QED) is 0.767. The van der Waals surface area contributed by atoms with Gasteiger partial charge in [-0.3, -0.25) is 4.57 Å². The van der Waals surface area contributed by atoms with Crippen molar-refractivity contribution in [3.63, 3.8) is 0 Å². The molecule has 0 saturated carbocycles. The molecule has 2 rings (SSSR count). The first-order valence-corrected chi connectivity index (χ1v) is 5.12. The molecule has 0 saturated heterocycles. The van der Waals surface area contributed by atoms with Crippen LogP contribution in [0.25, 0.3) is 5.82 Å². The molecule has 0 aliphatic carbocycles. The van der Waals surface area contributed by atoms with E-state index in [4.69, 9.17) is 5.26 Å². The molecular weight excluding hydrogens is 200 g/mol. The lowest BCUT2D eigenvalue weighted by molar-refractivity contribution is 0.743. The van der Waals surface area contributed by atoms with E-state index in [9.17, 15) is 0 Å². The van der Waals surface area contributed by atoms with Crippen LogP contribution in [-0.4, -0.2) is 14.5 Å². The molecule has 0 aromatic carbocycles. The molecule has 0 bridgehead atoms. The Labute approximate surface area is 94.2 Å². The summed E-state index contributed by atoms with van der Waals surface area (Å²) < 4.78 is 1.91. The van der Waals surface area contributed by atoms with E-state index in [1.54, 1.807) is 24.5 Å². The number of pyridine rings is 1. The zero-order chi connectivity index (χ0) is 11.5. The molecule has 2 heterocycles. The van der Waals surface area contributed by atoms with Crippen molar-refractivity contribution >= 4 is 0 Å². The van der Waals surface area contributed by atoms with Crippen LogP contribution in [-0.2, 0) is 0 Å². The van der Waals surface area contributed by atoms with Gasteiger partial charge in [-0.15, -0.1) is 0 Å². The largest absolute Gasteiger partial charge is 0.288 e. The van der Waals surface area contributed by atoms with Gasteiger partial charge in [0.15, 0.2) is 0 Å². The number of rotatable bonds is 2. The van der Waals surface area contributed by atoms with Crippen molar-refractivity contribution in [2.24, 2.45) is 0 Å². The zero-order valence-electron chi connectivity index (χ0n) is 9.25. The van der Waals surface area contributed by atoms with E-state index in [-0.39, 0.29) is 0 Å². The first-order valence-electron chi connectivity index (χ1n) is 5.12. The summed E-state index contributed by atoms with van der Waals surface area (Å²) in [6, 6.07) is 5.55. The fourth-order valence-corrected chi connectivity index (χ4v) is 1.56. The van der Waals surface area contributed by atoms with Crippen LogP contribution in [0, 0.1) is 11.3 Å². The Bertz CT molecular complexity index is 534. The van der Waals surface area contributed by atoms with Gasteiger partial charge in [0.05, 0.1) is 11.6 Å². The van der Waals surface area contributed by atoms with Crippen molar-refractivity contribution < 1.29 is 0 Å². The smallest absolute Gasteiger partial charge is 0.139 e. The lowest BCUT2D eigenvalue weighted by Crippen LogP contribution is -2.04. The van der Waals surface area contributed by atoms with E-state index in [0.717, 1.165) is 11.6 Å². The second-order valence-electron chi connectivity index (χ2n) is 3.82. The molecule has 4 nitrogen and oxygen atoms in total. The Balaban J connectivity index is 2.51. The van der Waals surface area contributed by atoms with Gasteiger partial charge in [-0.1, -0.05) is 13.8 Å². The van der Waals surface area contributed by atoms with Gasteiger partial charge in [-0.05, 0) is 12.1 Å². The SMILES string of the molecule is CC(C)c1nccn1-c1cc(C#N)ccn1. The van der Waals surface area contributed by atoms with E-state index in [0.29, 0.717) is 11.5 Å². The van der Waals surface area contributed by atoms with Crippen LogP contribution in [0.2, 0.25) is 0 Å². The number of hydrogen-bond acceptors (Lipinski definition) is 3. The summed E-state index contributed by atoms with van der Waals surface area (Å²) in [7, 11) is 0. The lowest BCUT2D eigenvalue weighted by atomic mass is 10.2. The summed E-state index contributed by atoms with van der Waals surface area (Å²) in [6.45, 7) is 4.15. The molecule has 80 valence electrons. The van der Waals surface area contributed by atoms with Crippen molar-refractivity contribution in [3.8, 4) is 11.9 Å². The highest BCUT2D eigenvalue weighted by molar-refractivity contribution is 5.36. The van der Waals surface area contributed by atoms with Crippen molar-refractivity contribution in [3.05, 3.63) is 42.1 Å². The number of aromatic nitrogens is 3. The highest BCUT2D eigenvalue weighted by Crippen LogP contribution is 2.16. The zero-order valence-corrected chi connectivity index (χ0v) is 9.25. The number of hydrogen-bond donors (Lipinski definition) is 0. The van der Waals surface area contributed by atoms with Crippen molar-refractivity contribution in [1.29, 1.82) is 5.26 Å². The molecule has 0 radical (unpaired) electrons. The number of nitrogens with zero attached hydrogens (tertiary/aromatic N) is 4. The van der Waals surface area contributed by atoms with Crippen molar-refractivity contribution in [2.75, 3.05) is 0 Å². The standard InChI is InChI=1S/C12H12N4/c1-9(2)12-15-5-6-16(12)11-7-10(8-13)3-4-14-11/h3-7,9H,1-2H3. The van der Waals surface area contributed by atoms with E-state index in [1.165, 1.54) is 0 Å². The number of nitriles is 1. The second kappa shape index (κ2) is 4.15. The van der Waals surface area contributed by atoms with Crippen LogP contribution in [0.4, 0.5) is 0 Å². The van der Waals surface area contributed by atoms with Gasteiger partial charge in [0.1, 0.15) is 11.6 Å². The fraction of sp³-hybridized carbons (Fsp3) is 0.250. The van der Waals surface area contributed by atoms with Crippen LogP contribution in [0.3, 0.4) is 0 Å². The first-order chi connectivity index (χ1) is 7.72. The maximum Gasteiger partial charge on any atom is 0.139 e. The summed E-state index contributed by atoms with van der Waals surface area (Å²) >= 11 is 0. The third-order valence-electron chi connectivity index (χ3n) is 2.31. The van der Waals surface area contributed by atoms with Gasteiger partial charge in [-0.2, -0.15) is 5.26 Å². The lowest BCUT2D eigenvalue weighted by Gasteiger charge is -2.09. The average Bonchev–Trinajstić information content (AvgIpc) is 2.78. The van der Waals surface area contributed by atoms with Crippen LogP contribution >= 0.6 is 0 Å². The summed E-state index contributed by atoms with van der Waals surface area (Å²) in [6.07, 6.45) is 5.24. The van der Waals surface area contributed by atoms with Crippen molar-refractivity contribution in [1.82, 2.24) is 14.5 Å².